The van der Waals surface area contributed by atoms with Gasteiger partial charge in [0.25, 0.3) is 0 Å². The number of methoxy groups -OCH3 is 1. The van der Waals surface area contributed by atoms with Crippen molar-refractivity contribution in [1.29, 1.82) is 0 Å². The minimum absolute atomic E-state index is 0.391. The molecule has 4 heteroatoms. The Labute approximate surface area is 129 Å². The van der Waals surface area contributed by atoms with E-state index in [4.69, 9.17) is 4.74 Å². The fraction of sp³-hybridized carbons (Fsp3) is 0.588. The quantitative estimate of drug-likeness (QED) is 0.600. The molecule has 1 atom stereocenters. The van der Waals surface area contributed by atoms with Crippen molar-refractivity contribution in [2.45, 2.75) is 46.9 Å². The lowest BCUT2D eigenvalue weighted by Crippen LogP contribution is -2.44. The van der Waals surface area contributed by atoms with Crippen LogP contribution in [0, 0.1) is 5.92 Å². The molecule has 1 rings (SSSR count). The maximum Gasteiger partial charge on any atom is 0.191 e. The van der Waals surface area contributed by atoms with Gasteiger partial charge in [-0.3, -0.25) is 0 Å². The summed E-state index contributed by atoms with van der Waals surface area (Å²) in [6.45, 7) is 10.8. The lowest BCUT2D eigenvalue weighted by atomic mass is 10.1. The molecule has 0 amide bonds. The molecule has 0 bridgehead atoms. The topological polar surface area (TPSA) is 45.7 Å². The minimum atomic E-state index is 0.391. The van der Waals surface area contributed by atoms with Crippen LogP contribution in [-0.2, 0) is 17.9 Å². The standard InChI is InChI=1S/C17H29N3O/c1-6-18-17(20-14(4)13(2)3)19-11-15-8-7-9-16(10-15)12-21-5/h7-10,13-14H,6,11-12H2,1-5H3,(H2,18,19,20). The lowest BCUT2D eigenvalue weighted by Gasteiger charge is -2.20. The molecule has 21 heavy (non-hydrogen) atoms. The first-order chi connectivity index (χ1) is 10.1. The van der Waals surface area contributed by atoms with Crippen LogP contribution in [0.1, 0.15) is 38.8 Å². The number of guanidine groups is 1. The molecule has 0 saturated heterocycles. The summed E-state index contributed by atoms with van der Waals surface area (Å²) in [5.74, 6) is 1.44. The summed E-state index contributed by atoms with van der Waals surface area (Å²) in [7, 11) is 1.71. The van der Waals surface area contributed by atoms with Crippen molar-refractivity contribution in [1.82, 2.24) is 10.6 Å². The normalized spacial score (nSPS) is 13.3. The van der Waals surface area contributed by atoms with Gasteiger partial charge in [0.1, 0.15) is 0 Å². The number of aliphatic imine (C=N–C) groups is 1. The molecule has 0 heterocycles. The van der Waals surface area contributed by atoms with Crippen LogP contribution in [0.15, 0.2) is 29.3 Å². The predicted molar refractivity (Wildman–Crippen MR) is 89.4 cm³/mol. The molecule has 118 valence electrons. The summed E-state index contributed by atoms with van der Waals surface area (Å²) in [4.78, 5) is 4.66. The lowest BCUT2D eigenvalue weighted by molar-refractivity contribution is 0.185. The molecule has 1 unspecified atom stereocenters. The molecule has 2 N–H and O–H groups in total. The van der Waals surface area contributed by atoms with Crippen molar-refractivity contribution < 1.29 is 4.74 Å². The number of benzene rings is 1. The molecule has 0 saturated carbocycles. The van der Waals surface area contributed by atoms with Crippen LogP contribution < -0.4 is 10.6 Å². The van der Waals surface area contributed by atoms with E-state index in [9.17, 15) is 0 Å². The van der Waals surface area contributed by atoms with E-state index in [0.717, 1.165) is 12.5 Å². The van der Waals surface area contributed by atoms with E-state index in [1.807, 2.05) is 0 Å². The van der Waals surface area contributed by atoms with Crippen molar-refractivity contribution in [3.05, 3.63) is 35.4 Å². The third kappa shape index (κ3) is 6.63. The monoisotopic (exact) mass is 291 g/mol. The van der Waals surface area contributed by atoms with Crippen LogP contribution in [0.3, 0.4) is 0 Å². The second-order valence-corrected chi connectivity index (χ2v) is 5.63. The summed E-state index contributed by atoms with van der Waals surface area (Å²) < 4.78 is 5.17. The van der Waals surface area contributed by atoms with Crippen LogP contribution in [0.2, 0.25) is 0 Å². The Hall–Kier alpha value is -1.55. The van der Waals surface area contributed by atoms with Crippen molar-refractivity contribution in [2.75, 3.05) is 13.7 Å². The number of nitrogens with zero attached hydrogens (tertiary/aromatic N) is 1. The van der Waals surface area contributed by atoms with Crippen LogP contribution in [0.5, 0.6) is 0 Å². The van der Waals surface area contributed by atoms with E-state index >= 15 is 0 Å². The minimum Gasteiger partial charge on any atom is -0.380 e. The summed E-state index contributed by atoms with van der Waals surface area (Å²) >= 11 is 0. The van der Waals surface area contributed by atoms with Crippen LogP contribution >= 0.6 is 0 Å². The zero-order valence-corrected chi connectivity index (χ0v) is 13.9. The highest BCUT2D eigenvalue weighted by Crippen LogP contribution is 2.08. The third-order valence-corrected chi connectivity index (χ3v) is 3.43. The molecule has 1 aromatic rings. The van der Waals surface area contributed by atoms with E-state index in [1.54, 1.807) is 7.11 Å². The molecule has 1 aromatic carbocycles. The zero-order chi connectivity index (χ0) is 15.7. The Morgan fingerprint density at radius 3 is 2.57 bits per heavy atom. The molecule has 4 nitrogen and oxygen atoms in total. The summed E-state index contributed by atoms with van der Waals surface area (Å²) in [6.07, 6.45) is 0. The van der Waals surface area contributed by atoms with Gasteiger partial charge in [-0.1, -0.05) is 38.1 Å². The fourth-order valence-corrected chi connectivity index (χ4v) is 1.86. The predicted octanol–water partition coefficient (Wildman–Crippen LogP) is 2.93. The highest BCUT2D eigenvalue weighted by molar-refractivity contribution is 5.80. The average Bonchev–Trinajstić information content (AvgIpc) is 2.45. The van der Waals surface area contributed by atoms with Gasteiger partial charge in [-0.15, -0.1) is 0 Å². The number of rotatable bonds is 7. The van der Waals surface area contributed by atoms with Gasteiger partial charge in [0.2, 0.25) is 0 Å². The number of ether oxygens (including phenoxy) is 1. The van der Waals surface area contributed by atoms with Gasteiger partial charge in [-0.25, -0.2) is 4.99 Å². The zero-order valence-electron chi connectivity index (χ0n) is 13.9. The Balaban J connectivity index is 2.70. The van der Waals surface area contributed by atoms with Crippen LogP contribution in [0.4, 0.5) is 0 Å². The van der Waals surface area contributed by atoms with Crippen molar-refractivity contribution >= 4 is 5.96 Å². The Morgan fingerprint density at radius 1 is 1.24 bits per heavy atom. The van der Waals surface area contributed by atoms with Gasteiger partial charge in [0, 0.05) is 19.7 Å². The molecule has 0 radical (unpaired) electrons. The second-order valence-electron chi connectivity index (χ2n) is 5.63. The third-order valence-electron chi connectivity index (χ3n) is 3.43. The first-order valence-electron chi connectivity index (χ1n) is 7.68. The van der Waals surface area contributed by atoms with Gasteiger partial charge in [-0.2, -0.15) is 0 Å². The molecule has 0 fully saturated rings. The van der Waals surface area contributed by atoms with E-state index in [1.165, 1.54) is 11.1 Å². The maximum atomic E-state index is 5.17. The Morgan fingerprint density at radius 2 is 1.95 bits per heavy atom. The average molecular weight is 291 g/mol. The molecule has 0 spiro atoms. The molecule has 0 aliphatic heterocycles. The van der Waals surface area contributed by atoms with E-state index in [-0.39, 0.29) is 0 Å². The van der Waals surface area contributed by atoms with E-state index in [0.29, 0.717) is 25.1 Å². The van der Waals surface area contributed by atoms with E-state index < -0.39 is 0 Å². The fourth-order valence-electron chi connectivity index (χ4n) is 1.86. The summed E-state index contributed by atoms with van der Waals surface area (Å²) in [5.41, 5.74) is 2.37. The smallest absolute Gasteiger partial charge is 0.191 e. The van der Waals surface area contributed by atoms with Crippen molar-refractivity contribution in [3.63, 3.8) is 0 Å². The maximum absolute atomic E-state index is 5.17. The Kier molecular flexibility index (Phi) is 7.83. The Bertz CT molecular complexity index is 443. The van der Waals surface area contributed by atoms with Crippen molar-refractivity contribution in [2.24, 2.45) is 10.9 Å². The first-order valence-corrected chi connectivity index (χ1v) is 7.68. The number of nitrogens with one attached hydrogen (secondary N) is 2. The SMILES string of the molecule is CCNC(=NCc1cccc(COC)c1)NC(C)C(C)C. The van der Waals surface area contributed by atoms with Crippen LogP contribution in [-0.4, -0.2) is 25.7 Å². The summed E-state index contributed by atoms with van der Waals surface area (Å²) in [6, 6.07) is 8.75. The first kappa shape index (κ1) is 17.5. The largest absolute Gasteiger partial charge is 0.380 e. The van der Waals surface area contributed by atoms with Gasteiger partial charge < -0.3 is 15.4 Å². The number of hydrogen-bond acceptors (Lipinski definition) is 2. The highest BCUT2D eigenvalue weighted by Gasteiger charge is 2.08. The van der Waals surface area contributed by atoms with Crippen LogP contribution in [0.25, 0.3) is 0 Å². The number of hydrogen-bond donors (Lipinski definition) is 2. The molecule has 0 aliphatic rings. The van der Waals surface area contributed by atoms with E-state index in [2.05, 4.69) is 67.6 Å². The highest BCUT2D eigenvalue weighted by atomic mass is 16.5. The van der Waals surface area contributed by atoms with Gasteiger partial charge in [0.05, 0.1) is 13.2 Å². The van der Waals surface area contributed by atoms with Gasteiger partial charge in [-0.05, 0) is 30.9 Å². The van der Waals surface area contributed by atoms with Crippen molar-refractivity contribution in [3.8, 4) is 0 Å². The summed E-state index contributed by atoms with van der Waals surface area (Å²) in [5, 5.41) is 6.73. The van der Waals surface area contributed by atoms with Gasteiger partial charge in [0.15, 0.2) is 5.96 Å². The molecular formula is C17H29N3O. The molecule has 0 aromatic heterocycles. The second kappa shape index (κ2) is 9.40. The molecular weight excluding hydrogens is 262 g/mol. The molecule has 0 aliphatic carbocycles. The van der Waals surface area contributed by atoms with Gasteiger partial charge >= 0.3 is 0 Å².